The molecule has 2 aromatic rings. The first-order valence-electron chi connectivity index (χ1n) is 10.5. The summed E-state index contributed by atoms with van der Waals surface area (Å²) in [7, 11) is 3.47. The molecule has 0 saturated carbocycles. The molecule has 0 bridgehead atoms. The number of aromatic nitrogens is 2. The molecule has 2 unspecified atom stereocenters. The van der Waals surface area contributed by atoms with E-state index in [4.69, 9.17) is 4.74 Å². The lowest BCUT2D eigenvalue weighted by molar-refractivity contribution is -0.132. The number of carbonyl (C=O) groups is 2. The number of amides is 2. The molecule has 0 aliphatic carbocycles. The van der Waals surface area contributed by atoms with Crippen molar-refractivity contribution >= 4 is 23.2 Å². The van der Waals surface area contributed by atoms with E-state index in [1.165, 1.54) is 0 Å². The molecule has 1 aromatic carbocycles. The zero-order valence-corrected chi connectivity index (χ0v) is 20.0. The fraction of sp³-hybridized carbons (Fsp3) is 0.591. The molecule has 1 fully saturated rings. The van der Waals surface area contributed by atoms with Gasteiger partial charge >= 0.3 is 0 Å². The molecule has 0 radical (unpaired) electrons. The first kappa shape index (κ1) is 27.3. The third-order valence-electron chi connectivity index (χ3n) is 5.05. The van der Waals surface area contributed by atoms with Gasteiger partial charge in [0, 0.05) is 26.6 Å². The van der Waals surface area contributed by atoms with Gasteiger partial charge in [-0.2, -0.15) is 0 Å². The summed E-state index contributed by atoms with van der Waals surface area (Å²) >= 11 is 0. The number of aliphatic hydroxyl groups excluding tert-OH is 1. The molecule has 1 aromatic heterocycles. The van der Waals surface area contributed by atoms with Crippen LogP contribution in [0, 0.1) is 5.41 Å². The minimum absolute atomic E-state index is 0.0261. The Bertz CT molecular complexity index is 877. The smallest absolute Gasteiger partial charge is 0.240 e. The van der Waals surface area contributed by atoms with E-state index in [0.717, 1.165) is 29.4 Å². The number of aryl methyl sites for hydroxylation is 1. The average Bonchev–Trinajstić information content (AvgIpc) is 3.32. The van der Waals surface area contributed by atoms with E-state index in [-0.39, 0.29) is 23.5 Å². The number of nitrogens with one attached hydrogen (secondary N) is 1. The Kier molecular flexibility index (Phi) is 10.6. The third kappa shape index (κ3) is 7.77. The molecule has 32 heavy (non-hydrogen) atoms. The summed E-state index contributed by atoms with van der Waals surface area (Å²) in [6.07, 6.45) is 1.70. The molecule has 6 N–H and O–H groups in total. The molecule has 1 aliphatic rings. The van der Waals surface area contributed by atoms with Crippen molar-refractivity contribution in [3.05, 3.63) is 23.8 Å². The van der Waals surface area contributed by atoms with Crippen molar-refractivity contribution in [2.24, 2.45) is 24.1 Å². The Hall–Kier alpha value is -2.69. The van der Waals surface area contributed by atoms with E-state index in [1.807, 2.05) is 32.2 Å². The quantitative estimate of drug-likeness (QED) is 0.304. The molecule has 2 heterocycles. The van der Waals surface area contributed by atoms with Crippen molar-refractivity contribution in [2.75, 3.05) is 20.2 Å². The van der Waals surface area contributed by atoms with Gasteiger partial charge in [0.2, 0.25) is 18.2 Å². The van der Waals surface area contributed by atoms with Crippen molar-refractivity contribution < 1.29 is 19.4 Å². The number of methoxy groups -OCH3 is 1. The van der Waals surface area contributed by atoms with Gasteiger partial charge < -0.3 is 20.1 Å². The Morgan fingerprint density at radius 1 is 1.41 bits per heavy atom. The first-order chi connectivity index (χ1) is 15.1. The van der Waals surface area contributed by atoms with E-state index in [1.54, 1.807) is 16.7 Å². The predicted octanol–water partition coefficient (Wildman–Crippen LogP) is 1.22. The van der Waals surface area contributed by atoms with Gasteiger partial charge in [0.05, 0.1) is 30.2 Å². The normalized spacial score (nSPS) is 16.4. The number of hydrazine groups is 1. The van der Waals surface area contributed by atoms with Crippen LogP contribution >= 0.6 is 0 Å². The van der Waals surface area contributed by atoms with E-state index in [9.17, 15) is 14.7 Å². The topological polar surface area (TPSA) is 149 Å². The van der Waals surface area contributed by atoms with E-state index >= 15 is 0 Å². The van der Waals surface area contributed by atoms with Crippen molar-refractivity contribution in [1.82, 2.24) is 20.0 Å². The van der Waals surface area contributed by atoms with Gasteiger partial charge in [-0.25, -0.2) is 0 Å². The van der Waals surface area contributed by atoms with Gasteiger partial charge in [-0.3, -0.25) is 26.0 Å². The van der Waals surface area contributed by atoms with Crippen LogP contribution in [0.15, 0.2) is 18.2 Å². The molecule has 1 saturated heterocycles. The highest BCUT2D eigenvalue weighted by Crippen LogP contribution is 2.27. The maximum atomic E-state index is 11.6. The zero-order valence-electron chi connectivity index (χ0n) is 20.0. The van der Waals surface area contributed by atoms with Crippen LogP contribution in [0.4, 0.5) is 0 Å². The molecule has 2 atom stereocenters. The van der Waals surface area contributed by atoms with Gasteiger partial charge in [0.1, 0.15) is 0 Å². The highest BCUT2D eigenvalue weighted by atomic mass is 16.5. The van der Waals surface area contributed by atoms with Crippen molar-refractivity contribution in [1.29, 1.82) is 0 Å². The molecule has 10 nitrogen and oxygen atoms in total. The highest BCUT2D eigenvalue weighted by Gasteiger charge is 2.27. The Morgan fingerprint density at radius 3 is 2.56 bits per heavy atom. The summed E-state index contributed by atoms with van der Waals surface area (Å²) in [5.41, 5.74) is 2.07. The minimum Gasteiger partial charge on any atom is -0.479 e. The Labute approximate surface area is 189 Å². The maximum absolute atomic E-state index is 11.6. The SMILES string of the molecule is CC(C)(C)CC(=O)N1CCC(O)C1.COc1nn(C)c2ccc(C(C)NC=O)cc12.NN. The summed E-state index contributed by atoms with van der Waals surface area (Å²) < 4.78 is 6.99. The Morgan fingerprint density at radius 2 is 2.06 bits per heavy atom. The monoisotopic (exact) mass is 450 g/mol. The number of likely N-dealkylation sites (tertiary alicyclic amines) is 1. The number of fused-ring (bicyclic) bond motifs is 1. The van der Waals surface area contributed by atoms with Crippen LogP contribution < -0.4 is 21.7 Å². The van der Waals surface area contributed by atoms with Gasteiger partial charge in [-0.15, -0.1) is 5.10 Å². The fourth-order valence-electron chi connectivity index (χ4n) is 3.40. The largest absolute Gasteiger partial charge is 0.479 e. The van der Waals surface area contributed by atoms with Crippen molar-refractivity contribution in [3.63, 3.8) is 0 Å². The number of β-amino-alcohol motifs (C(OH)–C–C–N with tert-alkyl or cyclic N) is 1. The van der Waals surface area contributed by atoms with E-state index in [0.29, 0.717) is 25.3 Å². The number of hydrogen-bond donors (Lipinski definition) is 4. The number of benzene rings is 1. The van der Waals surface area contributed by atoms with Gasteiger partial charge in [0.25, 0.3) is 0 Å². The van der Waals surface area contributed by atoms with Crippen LogP contribution in [0.2, 0.25) is 0 Å². The van der Waals surface area contributed by atoms with Crippen LogP contribution in [-0.2, 0) is 16.6 Å². The molecular weight excluding hydrogens is 412 g/mol. The van der Waals surface area contributed by atoms with Gasteiger partial charge in [0.15, 0.2) is 0 Å². The number of rotatable bonds is 5. The number of nitrogens with zero attached hydrogens (tertiary/aromatic N) is 3. The number of ether oxygens (including phenoxy) is 1. The minimum atomic E-state index is -0.302. The summed E-state index contributed by atoms with van der Waals surface area (Å²) in [4.78, 5) is 23.8. The number of nitrogens with two attached hydrogens (primary N) is 2. The second kappa shape index (κ2) is 12.4. The fourth-order valence-corrected chi connectivity index (χ4v) is 3.40. The standard InChI is InChI=1S/C12H15N3O2.C10H19NO2.H4N2/c1-8(13-7-16)9-4-5-11-10(6-9)12(17-3)14-15(11)2;1-10(2,3)6-9(13)11-5-4-8(12)7-11;1-2/h4-8H,1-3H3,(H,13,16);8,12H,4-7H2,1-3H3;1-2H2. The van der Waals surface area contributed by atoms with Crippen LogP contribution in [0.5, 0.6) is 5.88 Å². The van der Waals surface area contributed by atoms with Crippen LogP contribution in [0.25, 0.3) is 10.9 Å². The van der Waals surface area contributed by atoms with Gasteiger partial charge in [-0.05, 0) is 36.5 Å². The molecule has 3 rings (SSSR count). The summed E-state index contributed by atoms with van der Waals surface area (Å²) in [6.45, 7) is 9.33. The third-order valence-corrected chi connectivity index (χ3v) is 5.05. The van der Waals surface area contributed by atoms with Crippen LogP contribution in [-0.4, -0.2) is 58.4 Å². The molecule has 0 spiro atoms. The predicted molar refractivity (Wildman–Crippen MR) is 125 cm³/mol. The number of hydrogen-bond acceptors (Lipinski definition) is 7. The first-order valence-corrected chi connectivity index (χ1v) is 10.5. The average molecular weight is 451 g/mol. The lowest BCUT2D eigenvalue weighted by Gasteiger charge is -2.22. The second-order valence-corrected chi connectivity index (χ2v) is 8.94. The van der Waals surface area contributed by atoms with E-state index < -0.39 is 0 Å². The molecule has 180 valence electrons. The van der Waals surface area contributed by atoms with Crippen molar-refractivity contribution in [2.45, 2.75) is 52.7 Å². The lowest BCUT2D eigenvalue weighted by atomic mass is 9.92. The Balaban J connectivity index is 0.000000307. The maximum Gasteiger partial charge on any atom is 0.240 e. The number of aliphatic hydroxyl groups is 1. The van der Waals surface area contributed by atoms with Gasteiger partial charge in [-0.1, -0.05) is 26.8 Å². The summed E-state index contributed by atoms with van der Waals surface area (Å²) in [5.74, 6) is 8.77. The van der Waals surface area contributed by atoms with Crippen LogP contribution in [0.1, 0.15) is 52.1 Å². The highest BCUT2D eigenvalue weighted by molar-refractivity contribution is 5.85. The summed E-state index contributed by atoms with van der Waals surface area (Å²) in [6, 6.07) is 5.91. The number of carbonyl (C=O) groups excluding carboxylic acids is 2. The van der Waals surface area contributed by atoms with Crippen LogP contribution in [0.3, 0.4) is 0 Å². The van der Waals surface area contributed by atoms with Crippen molar-refractivity contribution in [3.8, 4) is 5.88 Å². The van der Waals surface area contributed by atoms with E-state index in [2.05, 4.69) is 42.9 Å². The molecular formula is C22H38N6O4. The lowest BCUT2D eigenvalue weighted by Crippen LogP contribution is -2.32. The summed E-state index contributed by atoms with van der Waals surface area (Å²) in [5, 5.41) is 17.2. The molecule has 1 aliphatic heterocycles. The zero-order chi connectivity index (χ0) is 24.5. The second-order valence-electron chi connectivity index (χ2n) is 8.94. The molecule has 10 heteroatoms. The molecule has 2 amide bonds.